The van der Waals surface area contributed by atoms with Crippen molar-refractivity contribution in [1.29, 1.82) is 0 Å². The van der Waals surface area contributed by atoms with Crippen LogP contribution in [-0.4, -0.2) is 10.5 Å². The lowest BCUT2D eigenvalue weighted by molar-refractivity contribution is 0.101. The van der Waals surface area contributed by atoms with Gasteiger partial charge in [-0.05, 0) is 60.7 Å². The van der Waals surface area contributed by atoms with Crippen LogP contribution >= 0.6 is 22.6 Å². The van der Waals surface area contributed by atoms with Crippen molar-refractivity contribution >= 4 is 34.2 Å². The molecule has 0 spiro atoms. The highest BCUT2D eigenvalue weighted by Gasteiger charge is 2.13. The molecular formula is C14H15IN2O. The van der Waals surface area contributed by atoms with Crippen LogP contribution in [0.5, 0.6) is 0 Å². The highest BCUT2D eigenvalue weighted by molar-refractivity contribution is 14.1. The second-order valence-electron chi connectivity index (χ2n) is 4.33. The average Bonchev–Trinajstić information content (AvgIpc) is 2.81. The van der Waals surface area contributed by atoms with Crippen LogP contribution in [0.3, 0.4) is 0 Å². The fourth-order valence-electron chi connectivity index (χ4n) is 1.79. The van der Waals surface area contributed by atoms with Gasteiger partial charge in [0.1, 0.15) is 5.69 Å². The number of halogens is 1. The Labute approximate surface area is 120 Å². The summed E-state index contributed by atoms with van der Waals surface area (Å²) in [4.78, 5) is 12.2. The lowest BCUT2D eigenvalue weighted by Gasteiger charge is -2.13. The Morgan fingerprint density at radius 2 is 1.94 bits per heavy atom. The first-order valence-electron chi connectivity index (χ1n) is 5.82. The van der Waals surface area contributed by atoms with Crippen molar-refractivity contribution in [3.05, 3.63) is 51.9 Å². The van der Waals surface area contributed by atoms with Crippen LogP contribution in [-0.2, 0) is 0 Å². The maximum atomic E-state index is 12.2. The molecule has 0 aliphatic heterocycles. The largest absolute Gasteiger partial charge is 0.341 e. The van der Waals surface area contributed by atoms with E-state index in [9.17, 15) is 4.79 Å². The minimum Gasteiger partial charge on any atom is -0.341 e. The quantitative estimate of drug-likeness (QED) is 0.833. The topological polar surface area (TPSA) is 34.0 Å². The molecule has 2 rings (SSSR count). The normalized spacial score (nSPS) is 10.7. The predicted molar refractivity (Wildman–Crippen MR) is 81.9 cm³/mol. The van der Waals surface area contributed by atoms with E-state index in [1.807, 2.05) is 47.2 Å². The van der Waals surface area contributed by atoms with Crippen molar-refractivity contribution in [3.63, 3.8) is 0 Å². The summed E-state index contributed by atoms with van der Waals surface area (Å²) in [7, 11) is 0. The number of carbonyl (C=O) groups excluding carboxylic acids is 1. The summed E-state index contributed by atoms with van der Waals surface area (Å²) in [5, 5.41) is 2.94. The van der Waals surface area contributed by atoms with Crippen LogP contribution in [0.4, 0.5) is 5.69 Å². The number of rotatable bonds is 3. The molecule has 0 aliphatic rings. The van der Waals surface area contributed by atoms with E-state index in [4.69, 9.17) is 0 Å². The molecule has 0 unspecified atom stereocenters. The van der Waals surface area contributed by atoms with Gasteiger partial charge in [-0.25, -0.2) is 0 Å². The molecule has 1 aromatic heterocycles. The minimum absolute atomic E-state index is 0.0715. The summed E-state index contributed by atoms with van der Waals surface area (Å²) in [6, 6.07) is 11.7. The first-order chi connectivity index (χ1) is 8.59. The van der Waals surface area contributed by atoms with Gasteiger partial charge in [0.25, 0.3) is 5.91 Å². The molecule has 94 valence electrons. The summed E-state index contributed by atoms with van der Waals surface area (Å²) in [6.07, 6.45) is 1.93. The lowest BCUT2D eigenvalue weighted by atomic mass is 10.3. The van der Waals surface area contributed by atoms with Gasteiger partial charge in [0.2, 0.25) is 0 Å². The fraction of sp³-hybridized carbons (Fsp3) is 0.214. The van der Waals surface area contributed by atoms with Crippen molar-refractivity contribution in [2.45, 2.75) is 19.9 Å². The third-order valence-electron chi connectivity index (χ3n) is 2.69. The van der Waals surface area contributed by atoms with Crippen LogP contribution in [0, 0.1) is 3.57 Å². The second kappa shape index (κ2) is 5.56. The number of para-hydroxylation sites is 1. The molecule has 0 saturated heterocycles. The number of nitrogens with zero attached hydrogens (tertiary/aromatic N) is 1. The van der Waals surface area contributed by atoms with Crippen molar-refractivity contribution in [2.24, 2.45) is 0 Å². The van der Waals surface area contributed by atoms with Gasteiger partial charge in [-0.15, -0.1) is 0 Å². The number of benzene rings is 1. The zero-order valence-electron chi connectivity index (χ0n) is 10.4. The maximum absolute atomic E-state index is 12.2. The van der Waals surface area contributed by atoms with E-state index in [0.717, 1.165) is 9.26 Å². The van der Waals surface area contributed by atoms with Gasteiger partial charge in [0, 0.05) is 15.8 Å². The third kappa shape index (κ3) is 2.75. The van der Waals surface area contributed by atoms with Gasteiger partial charge < -0.3 is 9.88 Å². The fourth-order valence-corrected chi connectivity index (χ4v) is 2.31. The molecule has 2 aromatic rings. The first kappa shape index (κ1) is 13.1. The number of hydrogen-bond acceptors (Lipinski definition) is 1. The van der Waals surface area contributed by atoms with Crippen LogP contribution < -0.4 is 5.32 Å². The standard InChI is InChI=1S/C14H15IN2O/c1-10(2)17-9-5-8-13(17)14(18)16-12-7-4-3-6-11(12)15/h3-10H,1-2H3,(H,16,18). The molecule has 1 heterocycles. The van der Waals surface area contributed by atoms with Crippen molar-refractivity contribution in [2.75, 3.05) is 5.32 Å². The van der Waals surface area contributed by atoms with E-state index in [1.165, 1.54) is 0 Å². The Morgan fingerprint density at radius 1 is 1.22 bits per heavy atom. The van der Waals surface area contributed by atoms with E-state index >= 15 is 0 Å². The van der Waals surface area contributed by atoms with Crippen LogP contribution in [0.2, 0.25) is 0 Å². The van der Waals surface area contributed by atoms with Gasteiger partial charge in [-0.2, -0.15) is 0 Å². The Balaban J connectivity index is 2.23. The van der Waals surface area contributed by atoms with Crippen molar-refractivity contribution in [3.8, 4) is 0 Å². The summed E-state index contributed by atoms with van der Waals surface area (Å²) in [6.45, 7) is 4.12. The molecule has 4 heteroatoms. The SMILES string of the molecule is CC(C)n1cccc1C(=O)Nc1ccccc1I. The molecule has 18 heavy (non-hydrogen) atoms. The van der Waals surface area contributed by atoms with Crippen LogP contribution in [0.1, 0.15) is 30.4 Å². The highest BCUT2D eigenvalue weighted by Crippen LogP contribution is 2.19. The number of anilines is 1. The molecule has 0 atom stereocenters. The molecule has 1 aromatic carbocycles. The molecule has 0 saturated carbocycles. The van der Waals surface area contributed by atoms with Crippen LogP contribution in [0.15, 0.2) is 42.6 Å². The second-order valence-corrected chi connectivity index (χ2v) is 5.49. The molecule has 0 radical (unpaired) electrons. The van der Waals surface area contributed by atoms with E-state index in [1.54, 1.807) is 0 Å². The number of carbonyl (C=O) groups is 1. The van der Waals surface area contributed by atoms with E-state index in [2.05, 4.69) is 41.8 Å². The Morgan fingerprint density at radius 3 is 2.61 bits per heavy atom. The monoisotopic (exact) mass is 354 g/mol. The molecular weight excluding hydrogens is 339 g/mol. The number of amides is 1. The van der Waals surface area contributed by atoms with Crippen molar-refractivity contribution < 1.29 is 4.79 Å². The van der Waals surface area contributed by atoms with Crippen molar-refractivity contribution in [1.82, 2.24) is 4.57 Å². The number of nitrogens with one attached hydrogen (secondary N) is 1. The minimum atomic E-state index is -0.0715. The lowest BCUT2D eigenvalue weighted by Crippen LogP contribution is -2.18. The van der Waals surface area contributed by atoms with E-state index in [0.29, 0.717) is 5.69 Å². The van der Waals surface area contributed by atoms with Gasteiger partial charge in [-0.1, -0.05) is 12.1 Å². The van der Waals surface area contributed by atoms with E-state index < -0.39 is 0 Å². The molecule has 3 nitrogen and oxygen atoms in total. The molecule has 1 amide bonds. The summed E-state index contributed by atoms with van der Waals surface area (Å²) in [5.74, 6) is -0.0715. The summed E-state index contributed by atoms with van der Waals surface area (Å²) < 4.78 is 3.00. The Bertz CT molecular complexity index is 560. The Hall–Kier alpha value is -1.30. The molecule has 0 bridgehead atoms. The van der Waals surface area contributed by atoms with Gasteiger partial charge in [0.15, 0.2) is 0 Å². The zero-order valence-corrected chi connectivity index (χ0v) is 12.5. The number of aromatic nitrogens is 1. The van der Waals surface area contributed by atoms with Crippen LogP contribution in [0.25, 0.3) is 0 Å². The Kier molecular flexibility index (Phi) is 4.06. The maximum Gasteiger partial charge on any atom is 0.272 e. The van der Waals surface area contributed by atoms with Gasteiger partial charge in [-0.3, -0.25) is 4.79 Å². The average molecular weight is 354 g/mol. The van der Waals surface area contributed by atoms with Gasteiger partial charge in [0.05, 0.1) is 5.69 Å². The van der Waals surface area contributed by atoms with Gasteiger partial charge >= 0.3 is 0 Å². The third-order valence-corrected chi connectivity index (χ3v) is 3.63. The smallest absolute Gasteiger partial charge is 0.272 e. The molecule has 0 fully saturated rings. The first-order valence-corrected chi connectivity index (χ1v) is 6.90. The summed E-state index contributed by atoms with van der Waals surface area (Å²) >= 11 is 2.21. The highest BCUT2D eigenvalue weighted by atomic mass is 127. The molecule has 0 aliphatic carbocycles. The van der Waals surface area contributed by atoms with E-state index in [-0.39, 0.29) is 11.9 Å². The zero-order chi connectivity index (χ0) is 13.1. The number of hydrogen-bond donors (Lipinski definition) is 1. The molecule has 1 N–H and O–H groups in total. The summed E-state index contributed by atoms with van der Waals surface area (Å²) in [5.41, 5.74) is 1.53. The predicted octanol–water partition coefficient (Wildman–Crippen LogP) is 3.93.